The number of rotatable bonds is 5. The van der Waals surface area contributed by atoms with E-state index in [1.165, 1.54) is 0 Å². The maximum Gasteiger partial charge on any atom is 0.107 e. The van der Waals surface area contributed by atoms with Crippen molar-refractivity contribution in [2.45, 2.75) is 25.7 Å². The zero-order valence-electron chi connectivity index (χ0n) is 10.5. The average molecular weight is 405 g/mol. The molecule has 1 aromatic carbocycles. The van der Waals surface area contributed by atoms with Gasteiger partial charge in [0.2, 0.25) is 0 Å². The number of benzene rings is 1. The molecule has 102 valence electrons. The first kappa shape index (κ1) is 15.2. The smallest absolute Gasteiger partial charge is 0.107 e. The molecule has 0 aliphatic rings. The van der Waals surface area contributed by atoms with Gasteiger partial charge in [0.1, 0.15) is 6.10 Å². The van der Waals surface area contributed by atoms with Gasteiger partial charge in [-0.2, -0.15) is 0 Å². The summed E-state index contributed by atoms with van der Waals surface area (Å²) < 4.78 is 8.14. The van der Waals surface area contributed by atoms with Crippen LogP contribution in [-0.2, 0) is 11.3 Å². The van der Waals surface area contributed by atoms with Gasteiger partial charge >= 0.3 is 0 Å². The highest BCUT2D eigenvalue weighted by Gasteiger charge is 2.19. The topological polar surface area (TPSA) is 35.2 Å². The summed E-state index contributed by atoms with van der Waals surface area (Å²) in [7, 11) is 0. The van der Waals surface area contributed by atoms with Crippen molar-refractivity contribution in [2.75, 3.05) is 0 Å². The first-order valence-electron chi connectivity index (χ1n) is 5.93. The van der Waals surface area contributed by atoms with Gasteiger partial charge in [0.25, 0.3) is 0 Å². The lowest BCUT2D eigenvalue weighted by Gasteiger charge is -2.20. The molecule has 2 N–H and O–H groups in total. The summed E-state index contributed by atoms with van der Waals surface area (Å²) in [6, 6.07) is 12.2. The SMILES string of the molecule is CC(N)C(OCc1cccc(Br)c1)c1ccc(Br)s1. The molecule has 0 aliphatic heterocycles. The zero-order chi connectivity index (χ0) is 13.8. The Morgan fingerprint density at radius 1 is 1.26 bits per heavy atom. The summed E-state index contributed by atoms with van der Waals surface area (Å²) in [5, 5.41) is 0. The van der Waals surface area contributed by atoms with Crippen molar-refractivity contribution in [1.82, 2.24) is 0 Å². The Balaban J connectivity index is 2.06. The van der Waals surface area contributed by atoms with E-state index in [-0.39, 0.29) is 12.1 Å². The first-order valence-corrected chi connectivity index (χ1v) is 8.33. The summed E-state index contributed by atoms with van der Waals surface area (Å²) in [6.07, 6.45) is -0.0738. The molecule has 0 bridgehead atoms. The lowest BCUT2D eigenvalue weighted by atomic mass is 10.1. The number of nitrogens with two attached hydrogens (primary N) is 1. The second kappa shape index (κ2) is 6.99. The largest absolute Gasteiger partial charge is 0.366 e. The third-order valence-corrected chi connectivity index (χ3v) is 4.85. The standard InChI is InChI=1S/C14H15Br2NOS/c1-9(17)14(12-5-6-13(16)19-12)18-8-10-3-2-4-11(15)7-10/h2-7,9,14H,8,17H2,1H3. The molecule has 0 amide bonds. The highest BCUT2D eigenvalue weighted by atomic mass is 79.9. The fourth-order valence-corrected chi connectivity index (χ4v) is 3.82. The molecule has 0 radical (unpaired) electrons. The van der Waals surface area contributed by atoms with E-state index in [9.17, 15) is 0 Å². The number of hydrogen-bond acceptors (Lipinski definition) is 3. The van der Waals surface area contributed by atoms with E-state index in [4.69, 9.17) is 10.5 Å². The van der Waals surface area contributed by atoms with Crippen LogP contribution in [0.4, 0.5) is 0 Å². The van der Waals surface area contributed by atoms with Crippen LogP contribution in [0.3, 0.4) is 0 Å². The van der Waals surface area contributed by atoms with Crippen molar-refractivity contribution < 1.29 is 4.74 Å². The van der Waals surface area contributed by atoms with Gasteiger partial charge in [0.15, 0.2) is 0 Å². The van der Waals surface area contributed by atoms with Gasteiger partial charge in [-0.05, 0) is 52.7 Å². The second-order valence-corrected chi connectivity index (χ2v) is 7.77. The quantitative estimate of drug-likeness (QED) is 0.770. The van der Waals surface area contributed by atoms with Crippen LogP contribution in [0, 0.1) is 0 Å². The predicted octanol–water partition coefficient (Wildman–Crippen LogP) is 4.88. The third kappa shape index (κ3) is 4.39. The predicted molar refractivity (Wildman–Crippen MR) is 87.3 cm³/mol. The molecule has 1 aromatic heterocycles. The Morgan fingerprint density at radius 3 is 2.63 bits per heavy atom. The molecule has 5 heteroatoms. The van der Waals surface area contributed by atoms with Crippen LogP contribution in [0.2, 0.25) is 0 Å². The van der Waals surface area contributed by atoms with E-state index in [2.05, 4.69) is 44.0 Å². The molecule has 0 saturated carbocycles. The lowest BCUT2D eigenvalue weighted by molar-refractivity contribution is 0.0282. The molecule has 19 heavy (non-hydrogen) atoms. The van der Waals surface area contributed by atoms with Gasteiger partial charge in [-0.25, -0.2) is 0 Å². The minimum Gasteiger partial charge on any atom is -0.366 e. The normalized spacial score (nSPS) is 14.3. The van der Waals surface area contributed by atoms with Gasteiger partial charge in [0, 0.05) is 15.4 Å². The average Bonchev–Trinajstić information content (AvgIpc) is 2.76. The molecule has 2 rings (SSSR count). The van der Waals surface area contributed by atoms with Gasteiger partial charge in [-0.15, -0.1) is 11.3 Å². The Kier molecular flexibility index (Phi) is 5.59. The van der Waals surface area contributed by atoms with Crippen LogP contribution in [-0.4, -0.2) is 6.04 Å². The second-order valence-electron chi connectivity index (χ2n) is 4.36. The van der Waals surface area contributed by atoms with Crippen LogP contribution in [0.15, 0.2) is 44.7 Å². The zero-order valence-corrected chi connectivity index (χ0v) is 14.5. The first-order chi connectivity index (χ1) is 9.06. The summed E-state index contributed by atoms with van der Waals surface area (Å²) in [4.78, 5) is 1.15. The molecule has 2 aromatic rings. The van der Waals surface area contributed by atoms with E-state index >= 15 is 0 Å². The maximum atomic E-state index is 6.03. The van der Waals surface area contributed by atoms with Gasteiger partial charge < -0.3 is 10.5 Å². The summed E-state index contributed by atoms with van der Waals surface area (Å²) in [5.74, 6) is 0. The molecule has 0 spiro atoms. The van der Waals surface area contributed by atoms with Crippen molar-refractivity contribution in [1.29, 1.82) is 0 Å². The molecule has 1 heterocycles. The molecule has 0 aliphatic carbocycles. The van der Waals surface area contributed by atoms with Crippen LogP contribution >= 0.6 is 43.2 Å². The lowest BCUT2D eigenvalue weighted by Crippen LogP contribution is -2.26. The van der Waals surface area contributed by atoms with Crippen molar-refractivity contribution in [3.8, 4) is 0 Å². The van der Waals surface area contributed by atoms with E-state index in [0.717, 1.165) is 18.7 Å². The number of halogens is 2. The van der Waals surface area contributed by atoms with E-state index in [1.54, 1.807) is 11.3 Å². The summed E-state index contributed by atoms with van der Waals surface area (Å²) in [6.45, 7) is 2.53. The molecular weight excluding hydrogens is 390 g/mol. The Morgan fingerprint density at radius 2 is 2.05 bits per heavy atom. The van der Waals surface area contributed by atoms with E-state index in [0.29, 0.717) is 6.61 Å². The monoisotopic (exact) mass is 403 g/mol. The highest BCUT2D eigenvalue weighted by Crippen LogP contribution is 2.31. The Labute approximate surface area is 134 Å². The van der Waals surface area contributed by atoms with Crippen LogP contribution in [0.5, 0.6) is 0 Å². The Bertz CT molecular complexity index is 542. The van der Waals surface area contributed by atoms with Crippen LogP contribution < -0.4 is 5.73 Å². The number of ether oxygens (including phenoxy) is 1. The van der Waals surface area contributed by atoms with Crippen LogP contribution in [0.25, 0.3) is 0 Å². The summed E-state index contributed by atoms with van der Waals surface area (Å²) in [5.41, 5.74) is 7.16. The van der Waals surface area contributed by atoms with Crippen LogP contribution in [0.1, 0.15) is 23.5 Å². The van der Waals surface area contributed by atoms with Crippen molar-refractivity contribution in [2.24, 2.45) is 5.73 Å². The van der Waals surface area contributed by atoms with Gasteiger partial charge in [-0.3, -0.25) is 0 Å². The van der Waals surface area contributed by atoms with Crippen molar-refractivity contribution >= 4 is 43.2 Å². The minimum absolute atomic E-state index is 0.0438. The fourth-order valence-electron chi connectivity index (χ4n) is 1.79. The molecule has 2 nitrogen and oxygen atoms in total. The number of thiophene rings is 1. The van der Waals surface area contributed by atoms with Gasteiger partial charge in [0.05, 0.1) is 10.4 Å². The van der Waals surface area contributed by atoms with Crippen molar-refractivity contribution in [3.05, 3.63) is 55.1 Å². The van der Waals surface area contributed by atoms with Gasteiger partial charge in [-0.1, -0.05) is 28.1 Å². The van der Waals surface area contributed by atoms with E-state index < -0.39 is 0 Å². The molecular formula is C14H15Br2NOS. The minimum atomic E-state index is -0.0738. The van der Waals surface area contributed by atoms with Crippen molar-refractivity contribution in [3.63, 3.8) is 0 Å². The highest BCUT2D eigenvalue weighted by molar-refractivity contribution is 9.11. The van der Waals surface area contributed by atoms with E-state index in [1.807, 2.05) is 31.2 Å². The molecule has 0 fully saturated rings. The molecule has 2 atom stereocenters. The third-order valence-electron chi connectivity index (χ3n) is 2.67. The fraction of sp³-hybridized carbons (Fsp3) is 0.286. The Hall–Kier alpha value is -0.200. The molecule has 2 unspecified atom stereocenters. The molecule has 0 saturated heterocycles. The number of hydrogen-bond donors (Lipinski definition) is 1. The summed E-state index contributed by atoms with van der Waals surface area (Å²) >= 11 is 8.60. The maximum absolute atomic E-state index is 6.03.